The van der Waals surface area contributed by atoms with E-state index in [0.29, 0.717) is 0 Å². The van der Waals surface area contributed by atoms with Crippen LogP contribution in [0.2, 0.25) is 0 Å². The molecule has 0 radical (unpaired) electrons. The van der Waals surface area contributed by atoms with Gasteiger partial charge in [0.05, 0.1) is 26.2 Å². The van der Waals surface area contributed by atoms with Crippen LogP contribution >= 0.6 is 0 Å². The van der Waals surface area contributed by atoms with Gasteiger partial charge in [0.15, 0.2) is 0 Å². The molecule has 2 rings (SSSR count). The zero-order chi connectivity index (χ0) is 18.0. The van der Waals surface area contributed by atoms with Crippen LogP contribution in [-0.4, -0.2) is 37.2 Å². The molecule has 1 aliphatic carbocycles. The first-order chi connectivity index (χ1) is 12.2. The number of quaternary nitrogens is 1. The van der Waals surface area contributed by atoms with Crippen LogP contribution < -0.4 is 5.32 Å². The minimum atomic E-state index is 0.246. The monoisotopic (exact) mass is 345 g/mol. The fourth-order valence-corrected chi connectivity index (χ4v) is 4.70. The molecule has 0 bridgehead atoms. The van der Waals surface area contributed by atoms with Crippen molar-refractivity contribution in [2.24, 2.45) is 0 Å². The Morgan fingerprint density at radius 3 is 2.08 bits per heavy atom. The Balaban J connectivity index is 1.78. The molecule has 1 aromatic carbocycles. The van der Waals surface area contributed by atoms with Crippen molar-refractivity contribution in [1.82, 2.24) is 5.32 Å². The van der Waals surface area contributed by atoms with Crippen LogP contribution in [0.5, 0.6) is 0 Å². The minimum Gasteiger partial charge on any atom is -0.324 e. The zero-order valence-electron chi connectivity index (χ0n) is 17.0. The highest BCUT2D eigenvalue weighted by atomic mass is 15.3. The van der Waals surface area contributed by atoms with Gasteiger partial charge in [-0.05, 0) is 65.0 Å². The van der Waals surface area contributed by atoms with Gasteiger partial charge in [-0.3, -0.25) is 0 Å². The molecule has 1 aliphatic rings. The zero-order valence-corrected chi connectivity index (χ0v) is 17.0. The summed E-state index contributed by atoms with van der Waals surface area (Å²) >= 11 is 0. The second-order valence-electron chi connectivity index (χ2n) is 8.01. The van der Waals surface area contributed by atoms with E-state index in [0.717, 1.165) is 0 Å². The van der Waals surface area contributed by atoms with Gasteiger partial charge in [0.1, 0.15) is 0 Å². The molecule has 2 heteroatoms. The highest BCUT2D eigenvalue weighted by Gasteiger charge is 2.32. The normalized spacial score (nSPS) is 17.6. The largest absolute Gasteiger partial charge is 0.324 e. The van der Waals surface area contributed by atoms with Crippen molar-refractivity contribution in [3.05, 3.63) is 35.9 Å². The predicted octanol–water partition coefficient (Wildman–Crippen LogP) is 5.48. The summed E-state index contributed by atoms with van der Waals surface area (Å²) in [6.45, 7) is 13.4. The molecule has 25 heavy (non-hydrogen) atoms. The Labute approximate surface area is 156 Å². The average Bonchev–Trinajstić information content (AvgIpc) is 2.69. The molecule has 1 fully saturated rings. The summed E-state index contributed by atoms with van der Waals surface area (Å²) in [5.74, 6) is 0. The van der Waals surface area contributed by atoms with Gasteiger partial charge in [-0.15, -0.1) is 0 Å². The summed E-state index contributed by atoms with van der Waals surface area (Å²) in [6.07, 6.45) is 10.8. The Bertz CT molecular complexity index is 450. The quantitative estimate of drug-likeness (QED) is 0.413. The van der Waals surface area contributed by atoms with E-state index in [9.17, 15) is 0 Å². The van der Waals surface area contributed by atoms with Crippen molar-refractivity contribution < 1.29 is 4.48 Å². The van der Waals surface area contributed by atoms with E-state index in [4.69, 9.17) is 0 Å². The van der Waals surface area contributed by atoms with Crippen LogP contribution in [-0.2, 0) is 5.54 Å². The summed E-state index contributed by atoms with van der Waals surface area (Å²) in [7, 11) is 0. The molecule has 2 nitrogen and oxygen atoms in total. The molecule has 1 aromatic rings. The summed E-state index contributed by atoms with van der Waals surface area (Å²) in [6, 6.07) is 11.2. The van der Waals surface area contributed by atoms with E-state index in [1.165, 1.54) is 94.1 Å². The fourth-order valence-electron chi connectivity index (χ4n) is 4.70. The van der Waals surface area contributed by atoms with Gasteiger partial charge in [0.25, 0.3) is 0 Å². The van der Waals surface area contributed by atoms with Gasteiger partial charge in [-0.1, -0.05) is 49.6 Å². The topological polar surface area (TPSA) is 12.0 Å². The first-order valence-corrected chi connectivity index (χ1v) is 10.9. The summed E-state index contributed by atoms with van der Waals surface area (Å²) < 4.78 is 1.29. The van der Waals surface area contributed by atoms with E-state index in [1.54, 1.807) is 0 Å². The molecule has 1 N–H and O–H groups in total. The van der Waals surface area contributed by atoms with Crippen molar-refractivity contribution in [3.63, 3.8) is 0 Å². The lowest BCUT2D eigenvalue weighted by Gasteiger charge is -2.39. The van der Waals surface area contributed by atoms with E-state index in [2.05, 4.69) is 56.4 Å². The molecule has 0 spiro atoms. The first-order valence-electron chi connectivity index (χ1n) is 10.9. The molecule has 0 amide bonds. The number of hydrogen-bond donors (Lipinski definition) is 1. The number of hydrogen-bond acceptors (Lipinski definition) is 1. The number of unbranched alkanes of at least 4 members (excludes halogenated alkanes) is 2. The fraction of sp³-hybridized carbons (Fsp3) is 0.739. The number of nitrogens with one attached hydrogen (secondary N) is 1. The second kappa shape index (κ2) is 10.3. The lowest BCUT2D eigenvalue weighted by Crippen LogP contribution is -2.48. The van der Waals surface area contributed by atoms with E-state index < -0.39 is 0 Å². The SMILES string of the molecule is CC[N+](CC)(CC)CCCCCNC1(c2ccccc2)CCCCC1. The third-order valence-corrected chi connectivity index (χ3v) is 6.82. The number of rotatable bonds is 11. The highest BCUT2D eigenvalue weighted by Crippen LogP contribution is 2.37. The second-order valence-corrected chi connectivity index (χ2v) is 8.01. The number of nitrogens with zero attached hydrogens (tertiary/aromatic N) is 1. The molecule has 0 unspecified atom stereocenters. The molecule has 142 valence electrons. The standard InChI is InChI=1S/C23H41N2/c1-4-25(5-2,6-3)21-15-9-14-20-24-23(18-12-8-13-19-23)22-16-10-7-11-17-22/h7,10-11,16-17,24H,4-6,8-9,12-15,18-21H2,1-3H3/q+1. The van der Waals surface area contributed by atoms with Crippen LogP contribution in [0, 0.1) is 0 Å². The van der Waals surface area contributed by atoms with Gasteiger partial charge in [0.2, 0.25) is 0 Å². The van der Waals surface area contributed by atoms with Gasteiger partial charge >= 0.3 is 0 Å². The molecule has 0 aliphatic heterocycles. The van der Waals surface area contributed by atoms with Gasteiger partial charge < -0.3 is 9.80 Å². The van der Waals surface area contributed by atoms with E-state index >= 15 is 0 Å². The minimum absolute atomic E-state index is 0.246. The maximum absolute atomic E-state index is 3.99. The summed E-state index contributed by atoms with van der Waals surface area (Å²) in [4.78, 5) is 0. The first kappa shape index (κ1) is 20.5. The third-order valence-electron chi connectivity index (χ3n) is 6.82. The molecule has 0 aromatic heterocycles. The maximum Gasteiger partial charge on any atom is 0.0786 e. The van der Waals surface area contributed by atoms with Gasteiger partial charge in [-0.2, -0.15) is 0 Å². The van der Waals surface area contributed by atoms with Crippen LogP contribution in [0.15, 0.2) is 30.3 Å². The molecular weight excluding hydrogens is 304 g/mol. The Morgan fingerprint density at radius 1 is 0.840 bits per heavy atom. The van der Waals surface area contributed by atoms with Gasteiger partial charge in [-0.25, -0.2) is 0 Å². The van der Waals surface area contributed by atoms with Crippen molar-refractivity contribution in [1.29, 1.82) is 0 Å². The summed E-state index contributed by atoms with van der Waals surface area (Å²) in [5.41, 5.74) is 1.75. The Morgan fingerprint density at radius 2 is 1.48 bits per heavy atom. The highest BCUT2D eigenvalue weighted by molar-refractivity contribution is 5.25. The van der Waals surface area contributed by atoms with Crippen LogP contribution in [0.3, 0.4) is 0 Å². The molecule has 0 atom stereocenters. The predicted molar refractivity (Wildman–Crippen MR) is 110 cm³/mol. The van der Waals surface area contributed by atoms with Crippen molar-refractivity contribution in [3.8, 4) is 0 Å². The Kier molecular flexibility index (Phi) is 8.45. The lowest BCUT2D eigenvalue weighted by atomic mass is 9.76. The summed E-state index contributed by atoms with van der Waals surface area (Å²) in [5, 5.41) is 3.99. The van der Waals surface area contributed by atoms with E-state index in [1.807, 2.05) is 0 Å². The van der Waals surface area contributed by atoms with Gasteiger partial charge in [0, 0.05) is 5.54 Å². The lowest BCUT2D eigenvalue weighted by molar-refractivity contribution is -0.923. The molecular formula is C23H41N2+. The number of benzene rings is 1. The molecule has 0 heterocycles. The van der Waals surface area contributed by atoms with Crippen LogP contribution in [0.4, 0.5) is 0 Å². The van der Waals surface area contributed by atoms with Crippen LogP contribution in [0.1, 0.15) is 77.7 Å². The molecule has 0 saturated heterocycles. The van der Waals surface area contributed by atoms with Crippen molar-refractivity contribution in [2.45, 2.75) is 77.7 Å². The average molecular weight is 346 g/mol. The van der Waals surface area contributed by atoms with Crippen molar-refractivity contribution in [2.75, 3.05) is 32.7 Å². The van der Waals surface area contributed by atoms with Crippen molar-refractivity contribution >= 4 is 0 Å². The smallest absolute Gasteiger partial charge is 0.0786 e. The Hall–Kier alpha value is -0.860. The maximum atomic E-state index is 3.99. The van der Waals surface area contributed by atoms with Crippen LogP contribution in [0.25, 0.3) is 0 Å². The molecule has 1 saturated carbocycles. The van der Waals surface area contributed by atoms with E-state index in [-0.39, 0.29) is 5.54 Å². The third kappa shape index (κ3) is 5.56.